The average molecular weight is 773 g/mol. The van der Waals surface area contributed by atoms with E-state index >= 15 is 4.79 Å². The zero-order valence-corrected chi connectivity index (χ0v) is 33.2. The fourth-order valence-corrected chi connectivity index (χ4v) is 12.8. The molecular formula is C41H52N4O9Si. The van der Waals surface area contributed by atoms with Gasteiger partial charge in [-0.3, -0.25) is 19.2 Å². The summed E-state index contributed by atoms with van der Waals surface area (Å²) in [6.45, 7) is 9.74. The molecule has 0 bridgehead atoms. The van der Waals surface area contributed by atoms with Crippen molar-refractivity contribution in [2.75, 3.05) is 35.8 Å². The molecule has 294 valence electrons. The summed E-state index contributed by atoms with van der Waals surface area (Å²) in [6.07, 6.45) is -1.62. The van der Waals surface area contributed by atoms with Gasteiger partial charge in [-0.15, -0.1) is 0 Å². The molecule has 0 saturated carbocycles. The molecule has 7 atom stereocenters. The van der Waals surface area contributed by atoms with E-state index < -0.39 is 49.7 Å². The summed E-state index contributed by atoms with van der Waals surface area (Å²) in [7, 11) is -0.989. The molecule has 1 spiro atoms. The van der Waals surface area contributed by atoms with Crippen molar-refractivity contribution in [3.05, 3.63) is 77.9 Å². The zero-order valence-electron chi connectivity index (χ0n) is 32.2. The maximum atomic E-state index is 15.3. The predicted octanol–water partition coefficient (Wildman–Crippen LogP) is 3.47. The molecule has 13 nitrogen and oxygen atoms in total. The average Bonchev–Trinajstić information content (AvgIpc) is 3.82. The minimum absolute atomic E-state index is 0.0198. The highest BCUT2D eigenvalue weighted by Gasteiger charge is 2.66. The van der Waals surface area contributed by atoms with Gasteiger partial charge in [0.1, 0.15) is 18.0 Å². The molecule has 14 heteroatoms. The number of rotatable bonds is 12. The number of hydrogen-bond acceptors (Lipinski definition) is 9. The Balaban J connectivity index is 1.46. The predicted molar refractivity (Wildman–Crippen MR) is 211 cm³/mol. The number of hydrogen-bond donors (Lipinski definition) is 5. The lowest BCUT2D eigenvalue weighted by Gasteiger charge is -2.37. The molecule has 0 unspecified atom stereocenters. The van der Waals surface area contributed by atoms with Gasteiger partial charge in [0.2, 0.25) is 5.91 Å². The van der Waals surface area contributed by atoms with Crippen LogP contribution in [-0.4, -0.2) is 96.5 Å². The van der Waals surface area contributed by atoms with E-state index in [9.17, 15) is 29.7 Å². The van der Waals surface area contributed by atoms with Crippen LogP contribution in [0.5, 0.6) is 5.75 Å². The molecule has 0 radical (unpaired) electrons. The zero-order chi connectivity index (χ0) is 39.8. The Bertz CT molecular complexity index is 1940. The van der Waals surface area contributed by atoms with Crippen molar-refractivity contribution in [3.8, 4) is 5.75 Å². The summed E-state index contributed by atoms with van der Waals surface area (Å²) in [5.74, 6) is -1.35. The van der Waals surface area contributed by atoms with Crippen LogP contribution in [0.2, 0.25) is 18.6 Å². The lowest BCUT2D eigenvalue weighted by Crippen LogP contribution is -2.52. The molecule has 4 amide bonds. The third-order valence-electron chi connectivity index (χ3n) is 11.7. The van der Waals surface area contributed by atoms with E-state index in [2.05, 4.69) is 23.7 Å². The van der Waals surface area contributed by atoms with Crippen LogP contribution in [0.3, 0.4) is 0 Å². The van der Waals surface area contributed by atoms with Gasteiger partial charge < -0.3 is 45.2 Å². The fraction of sp³-hybridized carbons (Fsp3) is 0.463. The van der Waals surface area contributed by atoms with Gasteiger partial charge in [-0.25, -0.2) is 0 Å². The van der Waals surface area contributed by atoms with Crippen molar-refractivity contribution in [1.82, 2.24) is 4.90 Å². The van der Waals surface area contributed by atoms with E-state index in [1.165, 1.54) is 13.8 Å². The number of anilines is 3. The molecule has 55 heavy (non-hydrogen) atoms. The standard InChI is InChI=1S/C41H52N4O9Si/c1-24-37(55(5,6)32-15-13-31(53-4)14-16-32)35(21-36(49)44-18-8-11-30(44)23-46)54-41(24)33-20-29(43-39(51)26(3)48)12-17-34(33)45(40(41)52)22-27-9-7-10-28(19-27)42-38(50)25(2)47/h7,9-10,12-17,19-20,24-26,30,35,37,46-48H,8,11,18,21-23H2,1-6H3,(H,42,50)(H,43,51)/t24-,25-,26-,30-,35+,37-,41+/m0/s1. The Morgan fingerprint density at radius 2 is 1.64 bits per heavy atom. The van der Waals surface area contributed by atoms with Crippen LogP contribution in [0.25, 0.3) is 0 Å². The molecule has 3 heterocycles. The van der Waals surface area contributed by atoms with E-state index in [4.69, 9.17) is 9.47 Å². The minimum Gasteiger partial charge on any atom is -0.497 e. The molecule has 5 N–H and O–H groups in total. The second-order valence-corrected chi connectivity index (χ2v) is 20.3. The second-order valence-electron chi connectivity index (χ2n) is 15.6. The summed E-state index contributed by atoms with van der Waals surface area (Å²) in [4.78, 5) is 57.8. The van der Waals surface area contributed by atoms with E-state index in [1.807, 2.05) is 37.3 Å². The Labute approximate surface area is 322 Å². The SMILES string of the molecule is COc1ccc([Si](C)(C)[C@@H]2[C@@H](CC(=O)N3CCC[C@H]3CO)O[C@]3(C(=O)N(Cc4cccc(NC(=O)[C@H](C)O)c4)c4ccc(NC(=O)[C@H](C)O)cc43)[C@H]2C)cc1. The fourth-order valence-electron chi connectivity index (χ4n) is 8.81. The Hall–Kier alpha value is -4.60. The number of likely N-dealkylation sites (tertiary alicyclic amines) is 1. The number of carbonyl (C=O) groups excluding carboxylic acids is 4. The number of methoxy groups -OCH3 is 1. The van der Waals surface area contributed by atoms with Crippen molar-refractivity contribution in [2.24, 2.45) is 5.92 Å². The van der Waals surface area contributed by atoms with Gasteiger partial charge in [0, 0.05) is 29.4 Å². The quantitative estimate of drug-likeness (QED) is 0.173. The van der Waals surface area contributed by atoms with Crippen molar-refractivity contribution in [2.45, 2.75) is 95.2 Å². The van der Waals surface area contributed by atoms with Gasteiger partial charge >= 0.3 is 0 Å². The number of fused-ring (bicyclic) bond motifs is 2. The lowest BCUT2D eigenvalue weighted by atomic mass is 9.82. The van der Waals surface area contributed by atoms with Crippen molar-refractivity contribution < 1.29 is 44.0 Å². The maximum absolute atomic E-state index is 15.3. The molecule has 0 aliphatic carbocycles. The van der Waals surface area contributed by atoms with E-state index in [-0.39, 0.29) is 43.0 Å². The highest BCUT2D eigenvalue weighted by Crippen LogP contribution is 2.60. The first-order valence-corrected chi connectivity index (χ1v) is 22.0. The van der Waals surface area contributed by atoms with Crippen LogP contribution in [0.15, 0.2) is 66.7 Å². The molecule has 2 fully saturated rings. The molecule has 3 aromatic carbocycles. The smallest absolute Gasteiger partial charge is 0.264 e. The van der Waals surface area contributed by atoms with Gasteiger partial charge in [0.25, 0.3) is 17.7 Å². The van der Waals surface area contributed by atoms with Gasteiger partial charge in [-0.1, -0.05) is 49.5 Å². The second kappa shape index (κ2) is 15.9. The largest absolute Gasteiger partial charge is 0.497 e. The van der Waals surface area contributed by atoms with Gasteiger partial charge in [-0.2, -0.15) is 0 Å². The molecule has 3 aromatic rings. The van der Waals surface area contributed by atoms with Crippen LogP contribution in [0.4, 0.5) is 17.1 Å². The van der Waals surface area contributed by atoms with Crippen LogP contribution >= 0.6 is 0 Å². The lowest BCUT2D eigenvalue weighted by molar-refractivity contribution is -0.150. The van der Waals surface area contributed by atoms with Gasteiger partial charge in [-0.05, 0) is 80.3 Å². The Morgan fingerprint density at radius 3 is 2.25 bits per heavy atom. The summed E-state index contributed by atoms with van der Waals surface area (Å²) in [5, 5.41) is 36.4. The first-order valence-electron chi connectivity index (χ1n) is 18.9. The van der Waals surface area contributed by atoms with Crippen LogP contribution < -0.4 is 25.5 Å². The van der Waals surface area contributed by atoms with E-state index in [1.54, 1.807) is 53.3 Å². The number of aliphatic hydroxyl groups excluding tert-OH is 3. The highest BCUT2D eigenvalue weighted by molar-refractivity contribution is 6.91. The van der Waals surface area contributed by atoms with Crippen molar-refractivity contribution in [1.29, 1.82) is 0 Å². The van der Waals surface area contributed by atoms with Crippen molar-refractivity contribution >= 4 is 54.0 Å². The van der Waals surface area contributed by atoms with E-state index in [0.717, 1.165) is 18.0 Å². The first-order chi connectivity index (χ1) is 26.1. The maximum Gasteiger partial charge on any atom is 0.264 e. The monoisotopic (exact) mass is 772 g/mol. The molecule has 2 saturated heterocycles. The summed E-state index contributed by atoms with van der Waals surface area (Å²) in [6, 6.07) is 19.9. The van der Waals surface area contributed by atoms with Gasteiger partial charge in [0.15, 0.2) is 5.60 Å². The Morgan fingerprint density at radius 1 is 0.982 bits per heavy atom. The molecular weight excluding hydrogens is 721 g/mol. The molecule has 6 rings (SSSR count). The number of amides is 4. The molecule has 0 aromatic heterocycles. The van der Waals surface area contributed by atoms with Crippen LogP contribution in [0, 0.1) is 5.92 Å². The number of carbonyl (C=O) groups is 4. The number of aliphatic hydroxyl groups is 3. The molecule has 3 aliphatic heterocycles. The summed E-state index contributed by atoms with van der Waals surface area (Å²) in [5.41, 5.74) is 0.861. The normalized spacial score (nSPS) is 24.5. The Kier molecular flexibility index (Phi) is 11.6. The summed E-state index contributed by atoms with van der Waals surface area (Å²) >= 11 is 0. The number of nitrogens with zero attached hydrogens (tertiary/aromatic N) is 2. The number of nitrogens with one attached hydrogen (secondary N) is 2. The highest BCUT2D eigenvalue weighted by atomic mass is 28.3. The minimum atomic E-state index is -2.60. The van der Waals surface area contributed by atoms with Crippen LogP contribution in [-0.2, 0) is 36.1 Å². The topological polar surface area (TPSA) is 178 Å². The summed E-state index contributed by atoms with van der Waals surface area (Å²) < 4.78 is 12.6. The van der Waals surface area contributed by atoms with E-state index in [0.29, 0.717) is 40.5 Å². The van der Waals surface area contributed by atoms with Crippen molar-refractivity contribution in [3.63, 3.8) is 0 Å². The number of ether oxygens (including phenoxy) is 2. The van der Waals surface area contributed by atoms with Crippen LogP contribution in [0.1, 0.15) is 51.2 Å². The first kappa shape index (κ1) is 40.1. The third-order valence-corrected chi connectivity index (χ3v) is 16.0. The number of benzene rings is 3. The third kappa shape index (κ3) is 7.53. The molecule has 3 aliphatic rings. The van der Waals surface area contributed by atoms with Gasteiger partial charge in [0.05, 0.1) is 52.6 Å².